The zero-order valence-corrected chi connectivity index (χ0v) is 14.0. The highest BCUT2D eigenvalue weighted by atomic mass is 32.1. The van der Waals surface area contributed by atoms with Crippen LogP contribution in [0.15, 0.2) is 36.4 Å². The van der Waals surface area contributed by atoms with E-state index in [4.69, 9.17) is 0 Å². The number of rotatable bonds is 6. The summed E-state index contributed by atoms with van der Waals surface area (Å²) in [6.07, 6.45) is 2.51. The van der Waals surface area contributed by atoms with Gasteiger partial charge in [-0.1, -0.05) is 37.3 Å². The van der Waals surface area contributed by atoms with E-state index >= 15 is 0 Å². The molecule has 1 saturated carbocycles. The van der Waals surface area contributed by atoms with Crippen molar-refractivity contribution >= 4 is 11.3 Å². The van der Waals surface area contributed by atoms with Crippen molar-refractivity contribution in [2.24, 2.45) is 5.92 Å². The Morgan fingerprint density at radius 2 is 2.00 bits per heavy atom. The number of hydrogen-bond donors (Lipinski definition) is 1. The summed E-state index contributed by atoms with van der Waals surface area (Å²) in [5, 5.41) is 3.81. The van der Waals surface area contributed by atoms with Crippen LogP contribution in [-0.2, 0) is 0 Å². The van der Waals surface area contributed by atoms with Gasteiger partial charge in [-0.25, -0.2) is 0 Å². The average Bonchev–Trinajstić information content (AvgIpc) is 3.20. The minimum atomic E-state index is 0.528. The Morgan fingerprint density at radius 3 is 2.62 bits per heavy atom. The molecule has 2 heteroatoms. The second-order valence-electron chi connectivity index (χ2n) is 6.22. The molecule has 112 valence electrons. The van der Waals surface area contributed by atoms with Crippen LogP contribution in [0.2, 0.25) is 0 Å². The van der Waals surface area contributed by atoms with Crippen LogP contribution >= 0.6 is 11.3 Å². The second-order valence-corrected chi connectivity index (χ2v) is 7.68. The van der Waals surface area contributed by atoms with Gasteiger partial charge < -0.3 is 5.32 Å². The average molecular weight is 299 g/mol. The molecule has 3 unspecified atom stereocenters. The molecule has 3 rings (SSSR count). The molecular formula is C19H25NS. The maximum absolute atomic E-state index is 3.81. The van der Waals surface area contributed by atoms with Gasteiger partial charge >= 0.3 is 0 Å². The number of thiophene rings is 1. The Bertz CT molecular complexity index is 587. The minimum Gasteiger partial charge on any atom is -0.310 e. The van der Waals surface area contributed by atoms with Crippen LogP contribution in [0.25, 0.3) is 0 Å². The van der Waals surface area contributed by atoms with Gasteiger partial charge in [0.1, 0.15) is 0 Å². The van der Waals surface area contributed by atoms with Crippen LogP contribution in [-0.4, -0.2) is 6.54 Å². The molecule has 21 heavy (non-hydrogen) atoms. The zero-order valence-electron chi connectivity index (χ0n) is 13.2. The molecule has 1 heterocycles. The molecule has 1 aliphatic rings. The van der Waals surface area contributed by atoms with Gasteiger partial charge in [-0.15, -0.1) is 11.3 Å². The molecule has 0 amide bonds. The number of hydrogen-bond acceptors (Lipinski definition) is 2. The Balaban J connectivity index is 1.80. The highest BCUT2D eigenvalue weighted by molar-refractivity contribution is 7.12. The van der Waals surface area contributed by atoms with Gasteiger partial charge in [0.15, 0.2) is 0 Å². The summed E-state index contributed by atoms with van der Waals surface area (Å²) in [5.41, 5.74) is 3.05. The van der Waals surface area contributed by atoms with E-state index in [1.54, 1.807) is 0 Å². The number of benzene rings is 1. The Labute approximate surface area is 132 Å². The van der Waals surface area contributed by atoms with Crippen molar-refractivity contribution in [3.05, 3.63) is 57.3 Å². The summed E-state index contributed by atoms with van der Waals surface area (Å²) in [6.45, 7) is 7.85. The largest absolute Gasteiger partial charge is 0.310 e. The lowest BCUT2D eigenvalue weighted by Crippen LogP contribution is -2.24. The van der Waals surface area contributed by atoms with E-state index in [9.17, 15) is 0 Å². The molecular weight excluding hydrogens is 274 g/mol. The Morgan fingerprint density at radius 1 is 1.24 bits per heavy atom. The molecule has 3 atom stereocenters. The topological polar surface area (TPSA) is 12.0 Å². The summed E-state index contributed by atoms with van der Waals surface area (Å²) >= 11 is 1.93. The van der Waals surface area contributed by atoms with E-state index in [1.807, 2.05) is 11.3 Å². The molecule has 0 bridgehead atoms. The third kappa shape index (κ3) is 3.22. The molecule has 1 N–H and O–H groups in total. The Hall–Kier alpha value is -1.12. The number of aryl methyl sites for hydroxylation is 2. The van der Waals surface area contributed by atoms with Gasteiger partial charge in [0.2, 0.25) is 0 Å². The van der Waals surface area contributed by atoms with Crippen molar-refractivity contribution in [2.45, 2.75) is 45.6 Å². The van der Waals surface area contributed by atoms with Crippen LogP contribution in [0.5, 0.6) is 0 Å². The summed E-state index contributed by atoms with van der Waals surface area (Å²) < 4.78 is 0. The van der Waals surface area contributed by atoms with Crippen molar-refractivity contribution in [1.29, 1.82) is 0 Å². The van der Waals surface area contributed by atoms with Crippen LogP contribution in [0.4, 0.5) is 0 Å². The zero-order chi connectivity index (χ0) is 14.8. The van der Waals surface area contributed by atoms with Crippen LogP contribution < -0.4 is 5.32 Å². The van der Waals surface area contributed by atoms with E-state index in [1.165, 1.54) is 33.7 Å². The normalized spacial score (nSPS) is 22.2. The van der Waals surface area contributed by atoms with Gasteiger partial charge in [0.05, 0.1) is 0 Å². The lowest BCUT2D eigenvalue weighted by atomic mass is 9.99. The van der Waals surface area contributed by atoms with Gasteiger partial charge in [-0.05, 0) is 62.3 Å². The first-order chi connectivity index (χ1) is 10.2. The summed E-state index contributed by atoms with van der Waals surface area (Å²) in [5.74, 6) is 1.49. The van der Waals surface area contributed by atoms with Crippen molar-refractivity contribution < 1.29 is 0 Å². The van der Waals surface area contributed by atoms with E-state index in [-0.39, 0.29) is 0 Å². The molecule has 1 aromatic heterocycles. The monoisotopic (exact) mass is 299 g/mol. The smallest absolute Gasteiger partial charge is 0.0365 e. The van der Waals surface area contributed by atoms with Crippen LogP contribution in [0.3, 0.4) is 0 Å². The molecule has 1 fully saturated rings. The minimum absolute atomic E-state index is 0.528. The predicted molar refractivity (Wildman–Crippen MR) is 92.1 cm³/mol. The highest BCUT2D eigenvalue weighted by Crippen LogP contribution is 2.54. The fourth-order valence-corrected chi connectivity index (χ4v) is 4.39. The molecule has 1 nitrogen and oxygen atoms in total. The van der Waals surface area contributed by atoms with Crippen molar-refractivity contribution in [2.75, 3.05) is 6.54 Å². The molecule has 2 aromatic rings. The van der Waals surface area contributed by atoms with Gasteiger partial charge in [-0.3, -0.25) is 0 Å². The fourth-order valence-electron chi connectivity index (χ4n) is 3.42. The van der Waals surface area contributed by atoms with E-state index < -0.39 is 0 Å². The third-order valence-corrected chi connectivity index (χ3v) is 5.51. The lowest BCUT2D eigenvalue weighted by Gasteiger charge is -2.19. The van der Waals surface area contributed by atoms with Crippen LogP contribution in [0.1, 0.15) is 52.6 Å². The number of nitrogens with one attached hydrogen (secondary N) is 1. The quantitative estimate of drug-likeness (QED) is 0.772. The van der Waals surface area contributed by atoms with E-state index in [0.29, 0.717) is 6.04 Å². The summed E-state index contributed by atoms with van der Waals surface area (Å²) in [7, 11) is 0. The van der Waals surface area contributed by atoms with Gasteiger partial charge in [0, 0.05) is 15.8 Å². The fraction of sp³-hybridized carbons (Fsp3) is 0.474. The maximum Gasteiger partial charge on any atom is 0.0365 e. The molecule has 1 aromatic carbocycles. The first kappa shape index (κ1) is 14.8. The van der Waals surface area contributed by atoms with Gasteiger partial charge in [-0.2, -0.15) is 0 Å². The third-order valence-electron chi connectivity index (χ3n) is 4.52. The Kier molecular flexibility index (Phi) is 4.46. The first-order valence-corrected chi connectivity index (χ1v) is 8.87. The SMILES string of the molecule is CCCNC(c1cc(C)sc1C)C1CC1c1ccccc1. The second kappa shape index (κ2) is 6.33. The molecule has 0 spiro atoms. The summed E-state index contributed by atoms with van der Waals surface area (Å²) in [6, 6.07) is 13.9. The first-order valence-electron chi connectivity index (χ1n) is 8.06. The molecule has 1 aliphatic carbocycles. The lowest BCUT2D eigenvalue weighted by molar-refractivity contribution is 0.472. The summed E-state index contributed by atoms with van der Waals surface area (Å²) in [4.78, 5) is 2.92. The molecule has 0 aliphatic heterocycles. The van der Waals surface area contributed by atoms with Crippen molar-refractivity contribution in [3.8, 4) is 0 Å². The standard InChI is InChI=1S/C19H25NS/c1-4-10-20-19(16-11-13(2)21-14(16)3)18-12-17(18)15-8-6-5-7-9-15/h5-9,11,17-20H,4,10,12H2,1-3H3. The maximum atomic E-state index is 3.81. The van der Waals surface area contributed by atoms with Gasteiger partial charge in [0.25, 0.3) is 0 Å². The molecule has 0 saturated heterocycles. The highest BCUT2D eigenvalue weighted by Gasteiger charge is 2.44. The predicted octanol–water partition coefficient (Wildman–Crippen LogP) is 5.21. The van der Waals surface area contributed by atoms with Crippen molar-refractivity contribution in [3.63, 3.8) is 0 Å². The van der Waals surface area contributed by atoms with E-state index in [0.717, 1.165) is 18.4 Å². The molecule has 0 radical (unpaired) electrons. The van der Waals surface area contributed by atoms with Crippen molar-refractivity contribution in [1.82, 2.24) is 5.32 Å². The van der Waals surface area contributed by atoms with Crippen LogP contribution in [0, 0.1) is 19.8 Å². The van der Waals surface area contributed by atoms with E-state index in [2.05, 4.69) is 62.5 Å².